The minimum Gasteiger partial charge on any atom is -0.460 e. The molecule has 0 aromatic rings. The summed E-state index contributed by atoms with van der Waals surface area (Å²) >= 11 is 5.71. The molecule has 4 nitrogen and oxygen atoms in total. The van der Waals surface area contributed by atoms with E-state index in [1.54, 1.807) is 13.8 Å². The van der Waals surface area contributed by atoms with Crippen LogP contribution in [0.2, 0.25) is 0 Å². The van der Waals surface area contributed by atoms with Crippen molar-refractivity contribution in [1.82, 2.24) is 0 Å². The van der Waals surface area contributed by atoms with E-state index in [4.69, 9.17) is 16.3 Å². The van der Waals surface area contributed by atoms with Crippen LogP contribution in [0.1, 0.15) is 27.2 Å². The van der Waals surface area contributed by atoms with E-state index < -0.39 is 22.9 Å². The van der Waals surface area contributed by atoms with E-state index in [1.807, 2.05) is 6.92 Å². The molecule has 0 amide bonds. The second-order valence-corrected chi connectivity index (χ2v) is 4.68. The third kappa shape index (κ3) is 2.62. The summed E-state index contributed by atoms with van der Waals surface area (Å²) in [7, 11) is 0. The molecule has 0 aromatic heterocycles. The Labute approximate surface area is 93.9 Å². The molecule has 5 heteroatoms. The van der Waals surface area contributed by atoms with Crippen molar-refractivity contribution in [2.45, 2.75) is 38.7 Å². The zero-order valence-corrected chi connectivity index (χ0v) is 9.84. The van der Waals surface area contributed by atoms with Gasteiger partial charge < -0.3 is 9.47 Å². The number of alkyl halides is 1. The first kappa shape index (κ1) is 12.3. The molecule has 1 aliphatic rings. The standard InChI is InChI=1S/C10H15ClO4/c1-4-10(2,3)9(13)15-6-5-14-8(12)7(6)11/h6-7H,4-5H2,1-3H3. The average Bonchev–Trinajstić information content (AvgIpc) is 2.49. The van der Waals surface area contributed by atoms with Gasteiger partial charge in [-0.1, -0.05) is 6.92 Å². The van der Waals surface area contributed by atoms with Crippen LogP contribution in [-0.2, 0) is 19.1 Å². The van der Waals surface area contributed by atoms with Gasteiger partial charge in [0, 0.05) is 0 Å². The fourth-order valence-corrected chi connectivity index (χ4v) is 1.20. The van der Waals surface area contributed by atoms with Gasteiger partial charge in [-0.05, 0) is 20.3 Å². The Morgan fingerprint density at radius 2 is 2.27 bits per heavy atom. The maximum absolute atomic E-state index is 11.7. The van der Waals surface area contributed by atoms with Gasteiger partial charge in [0.15, 0.2) is 11.5 Å². The van der Waals surface area contributed by atoms with Crippen molar-refractivity contribution in [3.8, 4) is 0 Å². The smallest absolute Gasteiger partial charge is 0.328 e. The van der Waals surface area contributed by atoms with Crippen molar-refractivity contribution in [3.63, 3.8) is 0 Å². The van der Waals surface area contributed by atoms with Gasteiger partial charge in [-0.15, -0.1) is 11.6 Å². The van der Waals surface area contributed by atoms with Crippen LogP contribution in [0.5, 0.6) is 0 Å². The molecule has 2 atom stereocenters. The molecule has 0 aliphatic carbocycles. The Morgan fingerprint density at radius 3 is 2.67 bits per heavy atom. The van der Waals surface area contributed by atoms with Crippen molar-refractivity contribution in [2.24, 2.45) is 5.41 Å². The number of cyclic esters (lactones) is 1. The quantitative estimate of drug-likeness (QED) is 0.549. The summed E-state index contributed by atoms with van der Waals surface area (Å²) in [4.78, 5) is 22.6. The summed E-state index contributed by atoms with van der Waals surface area (Å²) in [6, 6.07) is 0. The van der Waals surface area contributed by atoms with E-state index in [-0.39, 0.29) is 12.6 Å². The summed E-state index contributed by atoms with van der Waals surface area (Å²) in [5.74, 6) is -0.872. The van der Waals surface area contributed by atoms with Crippen molar-refractivity contribution in [2.75, 3.05) is 6.61 Å². The normalized spacial score (nSPS) is 26.3. The summed E-state index contributed by atoms with van der Waals surface area (Å²) in [6.07, 6.45) is 0.0119. The summed E-state index contributed by atoms with van der Waals surface area (Å²) < 4.78 is 9.81. The van der Waals surface area contributed by atoms with Crippen LogP contribution in [0.4, 0.5) is 0 Å². The Kier molecular flexibility index (Phi) is 3.60. The summed E-state index contributed by atoms with van der Waals surface area (Å²) in [5.41, 5.74) is -0.553. The minimum atomic E-state index is -0.874. The second kappa shape index (κ2) is 4.39. The molecule has 0 saturated carbocycles. The number of carbonyl (C=O) groups is 2. The zero-order chi connectivity index (χ0) is 11.6. The number of halogens is 1. The van der Waals surface area contributed by atoms with E-state index in [0.717, 1.165) is 0 Å². The van der Waals surface area contributed by atoms with Gasteiger partial charge in [0.05, 0.1) is 5.41 Å². The van der Waals surface area contributed by atoms with E-state index in [0.29, 0.717) is 6.42 Å². The molecule has 0 spiro atoms. The van der Waals surface area contributed by atoms with Crippen molar-refractivity contribution < 1.29 is 19.1 Å². The van der Waals surface area contributed by atoms with Crippen LogP contribution in [-0.4, -0.2) is 30.0 Å². The highest BCUT2D eigenvalue weighted by molar-refractivity contribution is 6.31. The zero-order valence-electron chi connectivity index (χ0n) is 9.08. The maximum Gasteiger partial charge on any atom is 0.328 e. The number of esters is 2. The van der Waals surface area contributed by atoms with E-state index in [1.165, 1.54) is 0 Å². The van der Waals surface area contributed by atoms with Gasteiger partial charge >= 0.3 is 11.9 Å². The SMILES string of the molecule is CCC(C)(C)C(=O)OC1COC(=O)C1Cl. The average molecular weight is 235 g/mol. The number of ether oxygens (including phenoxy) is 2. The molecule has 0 bridgehead atoms. The fraction of sp³-hybridized carbons (Fsp3) is 0.800. The molecule has 1 heterocycles. The van der Waals surface area contributed by atoms with E-state index >= 15 is 0 Å². The third-order valence-electron chi connectivity index (χ3n) is 2.64. The van der Waals surface area contributed by atoms with Crippen LogP contribution in [0.15, 0.2) is 0 Å². The predicted octanol–water partition coefficient (Wildman–Crippen LogP) is 1.50. The summed E-state index contributed by atoms with van der Waals surface area (Å²) in [6.45, 7) is 5.53. The first-order chi connectivity index (χ1) is 6.88. The first-order valence-electron chi connectivity index (χ1n) is 4.90. The number of hydrogen-bond acceptors (Lipinski definition) is 4. The van der Waals surface area contributed by atoms with Crippen molar-refractivity contribution >= 4 is 23.5 Å². The predicted molar refractivity (Wildman–Crippen MR) is 54.6 cm³/mol. The highest BCUT2D eigenvalue weighted by atomic mass is 35.5. The molecule has 1 aliphatic heterocycles. The lowest BCUT2D eigenvalue weighted by Crippen LogP contribution is -2.34. The molecule has 0 radical (unpaired) electrons. The van der Waals surface area contributed by atoms with Crippen molar-refractivity contribution in [1.29, 1.82) is 0 Å². The van der Waals surface area contributed by atoms with Gasteiger partial charge in [-0.3, -0.25) is 9.59 Å². The topological polar surface area (TPSA) is 52.6 Å². The fourth-order valence-electron chi connectivity index (χ4n) is 1.02. The van der Waals surface area contributed by atoms with Gasteiger partial charge in [0.2, 0.25) is 0 Å². The van der Waals surface area contributed by atoms with Crippen molar-refractivity contribution in [3.05, 3.63) is 0 Å². The molecule has 1 fully saturated rings. The highest BCUT2D eigenvalue weighted by Gasteiger charge is 2.40. The van der Waals surface area contributed by atoms with Gasteiger partial charge in [0.25, 0.3) is 0 Å². The van der Waals surface area contributed by atoms with E-state index in [2.05, 4.69) is 4.74 Å². The first-order valence-corrected chi connectivity index (χ1v) is 5.34. The molecule has 0 N–H and O–H groups in total. The van der Waals surface area contributed by atoms with Gasteiger partial charge in [-0.2, -0.15) is 0 Å². The lowest BCUT2D eigenvalue weighted by Gasteiger charge is -2.22. The summed E-state index contributed by atoms with van der Waals surface area (Å²) in [5, 5.41) is -0.874. The Balaban J connectivity index is 2.56. The molecule has 1 saturated heterocycles. The molecule has 15 heavy (non-hydrogen) atoms. The molecular weight excluding hydrogens is 220 g/mol. The largest absolute Gasteiger partial charge is 0.460 e. The lowest BCUT2D eigenvalue weighted by molar-refractivity contribution is -0.159. The van der Waals surface area contributed by atoms with Crippen LogP contribution in [0.25, 0.3) is 0 Å². The molecule has 86 valence electrons. The second-order valence-electron chi connectivity index (χ2n) is 4.21. The minimum absolute atomic E-state index is 0.0541. The monoisotopic (exact) mass is 234 g/mol. The van der Waals surface area contributed by atoms with Crippen LogP contribution < -0.4 is 0 Å². The van der Waals surface area contributed by atoms with Crippen LogP contribution in [0.3, 0.4) is 0 Å². The number of hydrogen-bond donors (Lipinski definition) is 0. The Bertz CT molecular complexity index is 275. The molecule has 1 rings (SSSR count). The molecular formula is C10H15ClO4. The molecule has 0 aromatic carbocycles. The number of carbonyl (C=O) groups excluding carboxylic acids is 2. The lowest BCUT2D eigenvalue weighted by atomic mass is 9.90. The van der Waals surface area contributed by atoms with Crippen LogP contribution in [0, 0.1) is 5.41 Å². The Hall–Kier alpha value is -0.770. The van der Waals surface area contributed by atoms with Crippen LogP contribution >= 0.6 is 11.6 Å². The van der Waals surface area contributed by atoms with Gasteiger partial charge in [0.1, 0.15) is 6.61 Å². The molecule has 2 unspecified atom stereocenters. The van der Waals surface area contributed by atoms with Gasteiger partial charge in [-0.25, -0.2) is 0 Å². The third-order valence-corrected chi connectivity index (χ3v) is 3.10. The Morgan fingerprint density at radius 1 is 1.67 bits per heavy atom. The van der Waals surface area contributed by atoms with E-state index in [9.17, 15) is 9.59 Å². The maximum atomic E-state index is 11.7. The number of rotatable bonds is 3. The highest BCUT2D eigenvalue weighted by Crippen LogP contribution is 2.25.